The van der Waals surface area contributed by atoms with Crippen LogP contribution in [0, 0.1) is 0 Å². The number of nitrogens with zero attached hydrogens (tertiary/aromatic N) is 3. The van der Waals surface area contributed by atoms with Crippen molar-refractivity contribution >= 4 is 27.4 Å². The van der Waals surface area contributed by atoms with Crippen LogP contribution in [0.4, 0.5) is 5.69 Å². The van der Waals surface area contributed by atoms with Gasteiger partial charge in [0, 0.05) is 49.1 Å². The third-order valence-electron chi connectivity index (χ3n) is 4.68. The summed E-state index contributed by atoms with van der Waals surface area (Å²) in [5.74, 6) is 0.190. The number of anilines is 1. The fraction of sp³-hybridized carbons (Fsp3) is 0.136. The number of hydrogen-bond donors (Lipinski definition) is 2. The van der Waals surface area contributed by atoms with E-state index >= 15 is 0 Å². The number of rotatable bonds is 8. The average Bonchev–Trinajstić information content (AvgIpc) is 3.24. The number of benzene rings is 2. The van der Waals surface area contributed by atoms with Crippen LogP contribution in [0.3, 0.4) is 0 Å². The smallest absolute Gasteiger partial charge is 0.255 e. The Balaban J connectivity index is 1.47. The Hall–Kier alpha value is -3.60. The lowest BCUT2D eigenvalue weighted by Crippen LogP contribution is -2.27. The number of carbonyl (C=O) groups excluding carboxylic acids is 1. The summed E-state index contributed by atoms with van der Waals surface area (Å²) in [6.45, 7) is 0.394. The monoisotopic (exact) mass is 451 g/mol. The van der Waals surface area contributed by atoms with Crippen molar-refractivity contribution in [1.29, 1.82) is 0 Å². The molecule has 1 amide bonds. The number of ether oxygens (including phenoxy) is 1. The Bertz CT molecular complexity index is 1320. The van der Waals surface area contributed by atoms with Crippen molar-refractivity contribution in [2.75, 3.05) is 25.6 Å². The second-order valence-corrected chi connectivity index (χ2v) is 8.67. The van der Waals surface area contributed by atoms with Crippen LogP contribution >= 0.6 is 0 Å². The van der Waals surface area contributed by atoms with Gasteiger partial charge in [0.25, 0.3) is 5.91 Å². The van der Waals surface area contributed by atoms with Gasteiger partial charge in [0.05, 0.1) is 17.2 Å². The highest BCUT2D eigenvalue weighted by atomic mass is 32.2. The molecule has 164 valence electrons. The SMILES string of the molecule is COCCNS(=O)(=O)c1cccc(C(=O)Nc2ccc(-c3cn4cccnc4n3)cc2)c1. The van der Waals surface area contributed by atoms with Crippen molar-refractivity contribution in [1.82, 2.24) is 19.1 Å². The molecule has 2 heterocycles. The number of carbonyl (C=O) groups is 1. The van der Waals surface area contributed by atoms with Gasteiger partial charge in [0.15, 0.2) is 0 Å². The largest absolute Gasteiger partial charge is 0.383 e. The van der Waals surface area contributed by atoms with Crippen LogP contribution in [0.5, 0.6) is 0 Å². The van der Waals surface area contributed by atoms with Crippen LogP contribution in [0.2, 0.25) is 0 Å². The van der Waals surface area contributed by atoms with Crippen molar-refractivity contribution in [3.05, 3.63) is 78.8 Å². The normalized spacial score (nSPS) is 11.5. The zero-order chi connectivity index (χ0) is 22.6. The second-order valence-electron chi connectivity index (χ2n) is 6.90. The number of nitrogens with one attached hydrogen (secondary N) is 2. The van der Waals surface area contributed by atoms with E-state index in [-0.39, 0.29) is 23.6 Å². The van der Waals surface area contributed by atoms with E-state index in [2.05, 4.69) is 20.0 Å². The molecule has 0 spiro atoms. The topological polar surface area (TPSA) is 115 Å². The fourth-order valence-electron chi connectivity index (χ4n) is 3.06. The molecule has 0 fully saturated rings. The predicted octanol–water partition coefficient (Wildman–Crippen LogP) is 2.57. The lowest BCUT2D eigenvalue weighted by atomic mass is 10.1. The standard InChI is InChI=1S/C22H21N5O4S/c1-31-13-11-24-32(29,30)19-5-2-4-17(14-19)21(28)25-18-8-6-16(7-9-18)20-15-27-12-3-10-23-22(27)26-20/h2-10,12,14-15,24H,11,13H2,1H3,(H,25,28). The fourth-order valence-corrected chi connectivity index (χ4v) is 4.12. The molecule has 2 N–H and O–H groups in total. The van der Waals surface area contributed by atoms with Gasteiger partial charge in [-0.3, -0.25) is 9.20 Å². The first-order valence-corrected chi connectivity index (χ1v) is 11.2. The van der Waals surface area contributed by atoms with E-state index in [1.807, 2.05) is 35.0 Å². The third kappa shape index (κ3) is 4.83. The van der Waals surface area contributed by atoms with E-state index in [0.29, 0.717) is 11.5 Å². The van der Waals surface area contributed by atoms with Gasteiger partial charge >= 0.3 is 0 Å². The summed E-state index contributed by atoms with van der Waals surface area (Å²) in [5.41, 5.74) is 2.45. The van der Waals surface area contributed by atoms with Crippen LogP contribution in [0.1, 0.15) is 10.4 Å². The molecule has 10 heteroatoms. The van der Waals surface area contributed by atoms with E-state index in [4.69, 9.17) is 4.74 Å². The molecule has 32 heavy (non-hydrogen) atoms. The number of methoxy groups -OCH3 is 1. The van der Waals surface area contributed by atoms with Gasteiger partial charge in [-0.05, 0) is 36.4 Å². The average molecular weight is 452 g/mol. The van der Waals surface area contributed by atoms with Gasteiger partial charge < -0.3 is 10.1 Å². The van der Waals surface area contributed by atoms with Crippen molar-refractivity contribution < 1.29 is 17.9 Å². The van der Waals surface area contributed by atoms with Gasteiger partial charge in [0.2, 0.25) is 15.8 Å². The van der Waals surface area contributed by atoms with E-state index < -0.39 is 15.9 Å². The lowest BCUT2D eigenvalue weighted by Gasteiger charge is -2.09. The maximum atomic E-state index is 12.7. The number of fused-ring (bicyclic) bond motifs is 1. The Morgan fingerprint density at radius 2 is 1.94 bits per heavy atom. The van der Waals surface area contributed by atoms with Crippen LogP contribution in [-0.4, -0.2) is 49.0 Å². The van der Waals surface area contributed by atoms with Crippen LogP contribution in [0.15, 0.2) is 78.1 Å². The van der Waals surface area contributed by atoms with Gasteiger partial charge in [-0.2, -0.15) is 0 Å². The Morgan fingerprint density at radius 3 is 2.69 bits per heavy atom. The van der Waals surface area contributed by atoms with E-state index in [0.717, 1.165) is 11.3 Å². The minimum Gasteiger partial charge on any atom is -0.383 e. The zero-order valence-electron chi connectivity index (χ0n) is 17.2. The van der Waals surface area contributed by atoms with Crippen LogP contribution in [0.25, 0.3) is 17.0 Å². The van der Waals surface area contributed by atoms with Crippen LogP contribution < -0.4 is 10.0 Å². The number of sulfonamides is 1. The second kappa shape index (κ2) is 9.27. The van der Waals surface area contributed by atoms with Gasteiger partial charge in [-0.15, -0.1) is 0 Å². The summed E-state index contributed by atoms with van der Waals surface area (Å²) >= 11 is 0. The molecule has 0 radical (unpaired) electrons. The Kier molecular flexibility index (Phi) is 6.26. The first-order chi connectivity index (χ1) is 15.5. The molecule has 0 aliphatic heterocycles. The van der Waals surface area contributed by atoms with Crippen LogP contribution in [-0.2, 0) is 14.8 Å². The number of imidazole rings is 1. The molecule has 4 aromatic rings. The number of hydrogen-bond acceptors (Lipinski definition) is 6. The van der Waals surface area contributed by atoms with Gasteiger partial charge in [-0.25, -0.2) is 23.1 Å². The van der Waals surface area contributed by atoms with E-state index in [1.165, 1.54) is 25.3 Å². The summed E-state index contributed by atoms with van der Waals surface area (Å²) in [5, 5.41) is 2.78. The minimum absolute atomic E-state index is 0.0112. The summed E-state index contributed by atoms with van der Waals surface area (Å²) in [6, 6.07) is 14.9. The predicted molar refractivity (Wildman–Crippen MR) is 120 cm³/mol. The van der Waals surface area contributed by atoms with Crippen molar-refractivity contribution in [3.8, 4) is 11.3 Å². The van der Waals surface area contributed by atoms with Crippen molar-refractivity contribution in [2.45, 2.75) is 4.90 Å². The molecule has 2 aromatic carbocycles. The van der Waals surface area contributed by atoms with Gasteiger partial charge in [0.1, 0.15) is 0 Å². The van der Waals surface area contributed by atoms with Crippen molar-refractivity contribution in [3.63, 3.8) is 0 Å². The molecule has 9 nitrogen and oxygen atoms in total. The summed E-state index contributed by atoms with van der Waals surface area (Å²) < 4.78 is 33.8. The molecule has 2 aromatic heterocycles. The maximum absolute atomic E-state index is 12.7. The molecule has 0 unspecified atom stereocenters. The molecule has 0 saturated carbocycles. The lowest BCUT2D eigenvalue weighted by molar-refractivity contribution is 0.102. The number of amides is 1. The molecule has 0 aliphatic carbocycles. The Labute approximate surface area is 185 Å². The Morgan fingerprint density at radius 1 is 1.12 bits per heavy atom. The molecule has 0 atom stereocenters. The first-order valence-electron chi connectivity index (χ1n) is 9.76. The molecule has 0 bridgehead atoms. The maximum Gasteiger partial charge on any atom is 0.255 e. The first kappa shape index (κ1) is 21.6. The molecule has 0 saturated heterocycles. The van der Waals surface area contributed by atoms with Crippen molar-refractivity contribution in [2.24, 2.45) is 0 Å². The summed E-state index contributed by atoms with van der Waals surface area (Å²) in [4.78, 5) is 21.3. The van der Waals surface area contributed by atoms with Gasteiger partial charge in [-0.1, -0.05) is 18.2 Å². The van der Waals surface area contributed by atoms with E-state index in [9.17, 15) is 13.2 Å². The summed E-state index contributed by atoms with van der Waals surface area (Å²) in [6.07, 6.45) is 5.43. The molecule has 0 aliphatic rings. The molecular formula is C22H21N5O4S. The quantitative estimate of drug-likeness (QED) is 0.398. The third-order valence-corrected chi connectivity index (χ3v) is 6.14. The highest BCUT2D eigenvalue weighted by Crippen LogP contribution is 2.21. The molecular weight excluding hydrogens is 430 g/mol. The summed E-state index contributed by atoms with van der Waals surface area (Å²) in [7, 11) is -2.25. The van der Waals surface area contributed by atoms with E-state index in [1.54, 1.807) is 24.4 Å². The highest BCUT2D eigenvalue weighted by Gasteiger charge is 2.16. The zero-order valence-corrected chi connectivity index (χ0v) is 18.0. The molecule has 4 rings (SSSR count). The number of aromatic nitrogens is 3. The minimum atomic E-state index is -3.73. The highest BCUT2D eigenvalue weighted by molar-refractivity contribution is 7.89.